The van der Waals surface area contributed by atoms with E-state index in [9.17, 15) is 0 Å². The molecule has 0 aliphatic heterocycles. The van der Waals surface area contributed by atoms with Crippen molar-refractivity contribution >= 4 is 23.2 Å². The Hall–Kier alpha value is -0.280. The van der Waals surface area contributed by atoms with Crippen molar-refractivity contribution in [2.45, 2.75) is 32.4 Å². The van der Waals surface area contributed by atoms with Crippen LogP contribution in [0.25, 0.3) is 0 Å². The lowest BCUT2D eigenvalue weighted by Crippen LogP contribution is -2.40. The summed E-state index contributed by atoms with van der Waals surface area (Å²) in [6, 6.07) is 5.75. The Bertz CT molecular complexity index is 380. The molecule has 1 rings (SSSR count). The molecule has 0 radical (unpaired) electrons. The summed E-state index contributed by atoms with van der Waals surface area (Å²) in [5.41, 5.74) is 0.765. The van der Waals surface area contributed by atoms with Gasteiger partial charge in [0.1, 0.15) is 0 Å². The number of halogens is 2. The third-order valence-electron chi connectivity index (χ3n) is 2.91. The van der Waals surface area contributed by atoms with Crippen LogP contribution in [0.3, 0.4) is 0 Å². The highest BCUT2D eigenvalue weighted by molar-refractivity contribution is 6.42. The first-order valence-electron chi connectivity index (χ1n) is 5.66. The van der Waals surface area contributed by atoms with Crippen molar-refractivity contribution in [3.8, 4) is 0 Å². The van der Waals surface area contributed by atoms with E-state index in [0.717, 1.165) is 12.1 Å². The van der Waals surface area contributed by atoms with E-state index in [0.29, 0.717) is 10.0 Å². The van der Waals surface area contributed by atoms with Crippen LogP contribution in [0, 0.1) is 0 Å². The summed E-state index contributed by atoms with van der Waals surface area (Å²) in [4.78, 5) is 0. The minimum atomic E-state index is -0.312. The van der Waals surface area contributed by atoms with Gasteiger partial charge in [-0.05, 0) is 38.1 Å². The van der Waals surface area contributed by atoms with Crippen LogP contribution in [0.4, 0.5) is 0 Å². The quantitative estimate of drug-likeness (QED) is 0.875. The molecule has 1 aromatic carbocycles. The van der Waals surface area contributed by atoms with Gasteiger partial charge in [0.15, 0.2) is 0 Å². The second-order valence-electron chi connectivity index (χ2n) is 4.47. The van der Waals surface area contributed by atoms with Crippen molar-refractivity contribution in [3.05, 3.63) is 33.8 Å². The largest absolute Gasteiger partial charge is 0.377 e. The minimum absolute atomic E-state index is 0.0762. The van der Waals surface area contributed by atoms with E-state index in [2.05, 4.69) is 12.2 Å². The predicted octanol–water partition coefficient (Wildman–Crippen LogP) is 4.07. The van der Waals surface area contributed by atoms with Gasteiger partial charge in [0.2, 0.25) is 0 Å². The lowest BCUT2D eigenvalue weighted by atomic mass is 9.91. The van der Waals surface area contributed by atoms with Gasteiger partial charge in [-0.15, -0.1) is 0 Å². The normalized spacial score (nSPS) is 13.8. The van der Waals surface area contributed by atoms with E-state index in [1.165, 1.54) is 0 Å². The highest BCUT2D eigenvalue weighted by atomic mass is 35.5. The molecule has 0 aromatic heterocycles. The topological polar surface area (TPSA) is 21.3 Å². The summed E-state index contributed by atoms with van der Waals surface area (Å²) in [5.74, 6) is 0. The van der Waals surface area contributed by atoms with Gasteiger partial charge >= 0.3 is 0 Å². The molecule has 2 nitrogen and oxygen atoms in total. The van der Waals surface area contributed by atoms with Crippen LogP contribution in [0.1, 0.15) is 32.4 Å². The molecule has 0 spiro atoms. The van der Waals surface area contributed by atoms with Crippen LogP contribution < -0.4 is 5.32 Å². The van der Waals surface area contributed by atoms with Crippen LogP contribution in [0.15, 0.2) is 18.2 Å². The molecule has 0 aliphatic rings. The summed E-state index contributed by atoms with van der Waals surface area (Å²) >= 11 is 12.0. The summed E-state index contributed by atoms with van der Waals surface area (Å²) in [6.07, 6.45) is 0. The molecule has 17 heavy (non-hydrogen) atoms. The number of nitrogens with one attached hydrogen (secondary N) is 1. The maximum atomic E-state index is 6.05. The molecule has 1 atom stereocenters. The van der Waals surface area contributed by atoms with E-state index >= 15 is 0 Å². The first-order chi connectivity index (χ1) is 7.92. The van der Waals surface area contributed by atoms with Gasteiger partial charge in [-0.3, -0.25) is 0 Å². The van der Waals surface area contributed by atoms with Gasteiger partial charge in [-0.2, -0.15) is 0 Å². The maximum absolute atomic E-state index is 6.05. The van der Waals surface area contributed by atoms with E-state index in [-0.39, 0.29) is 11.6 Å². The molecule has 1 aromatic rings. The van der Waals surface area contributed by atoms with Gasteiger partial charge in [0.25, 0.3) is 0 Å². The molecule has 0 saturated heterocycles. The number of benzene rings is 1. The van der Waals surface area contributed by atoms with Crippen molar-refractivity contribution in [2.75, 3.05) is 13.7 Å². The monoisotopic (exact) mass is 275 g/mol. The molecule has 0 fully saturated rings. The van der Waals surface area contributed by atoms with Crippen LogP contribution >= 0.6 is 23.2 Å². The van der Waals surface area contributed by atoms with E-state index in [1.807, 2.05) is 32.0 Å². The molecule has 0 aliphatic carbocycles. The van der Waals surface area contributed by atoms with E-state index < -0.39 is 0 Å². The van der Waals surface area contributed by atoms with Crippen LogP contribution in [0.5, 0.6) is 0 Å². The fraction of sp³-hybridized carbons (Fsp3) is 0.538. The second kappa shape index (κ2) is 6.05. The van der Waals surface area contributed by atoms with Crippen molar-refractivity contribution in [1.29, 1.82) is 0 Å². The van der Waals surface area contributed by atoms with E-state index in [4.69, 9.17) is 27.9 Å². The number of likely N-dealkylation sites (N-methyl/N-ethyl adjacent to an activating group) is 1. The Balaban J connectivity index is 3.09. The Morgan fingerprint density at radius 1 is 1.29 bits per heavy atom. The van der Waals surface area contributed by atoms with Crippen LogP contribution in [-0.2, 0) is 4.74 Å². The standard InChI is InChI=1S/C13H19Cl2NO/c1-5-16-12(13(2,3)17-4)9-6-7-10(14)11(15)8-9/h6-8,12,16H,5H2,1-4H3. The molecule has 0 bridgehead atoms. The number of ether oxygens (including phenoxy) is 1. The molecule has 0 amide bonds. The summed E-state index contributed by atoms with van der Waals surface area (Å²) in [7, 11) is 1.71. The van der Waals surface area contributed by atoms with Crippen molar-refractivity contribution in [1.82, 2.24) is 5.32 Å². The highest BCUT2D eigenvalue weighted by Crippen LogP contribution is 2.32. The second-order valence-corrected chi connectivity index (χ2v) is 5.29. The number of methoxy groups -OCH3 is 1. The minimum Gasteiger partial charge on any atom is -0.377 e. The van der Waals surface area contributed by atoms with Crippen molar-refractivity contribution in [3.63, 3.8) is 0 Å². The predicted molar refractivity (Wildman–Crippen MR) is 74.0 cm³/mol. The summed E-state index contributed by atoms with van der Waals surface area (Å²) in [5, 5.41) is 4.55. The molecule has 0 heterocycles. The van der Waals surface area contributed by atoms with E-state index in [1.54, 1.807) is 7.11 Å². The zero-order valence-corrected chi connectivity index (χ0v) is 12.2. The first-order valence-corrected chi connectivity index (χ1v) is 6.41. The van der Waals surface area contributed by atoms with Crippen LogP contribution in [-0.4, -0.2) is 19.3 Å². The van der Waals surface area contributed by atoms with Crippen molar-refractivity contribution in [2.24, 2.45) is 0 Å². The van der Waals surface area contributed by atoms with Crippen molar-refractivity contribution < 1.29 is 4.74 Å². The molecular weight excluding hydrogens is 257 g/mol. The summed E-state index contributed by atoms with van der Waals surface area (Å²) < 4.78 is 5.54. The fourth-order valence-corrected chi connectivity index (χ4v) is 2.09. The third kappa shape index (κ3) is 3.59. The number of hydrogen-bond acceptors (Lipinski definition) is 2. The Morgan fingerprint density at radius 2 is 1.94 bits per heavy atom. The Morgan fingerprint density at radius 3 is 2.41 bits per heavy atom. The van der Waals surface area contributed by atoms with Crippen LogP contribution in [0.2, 0.25) is 10.0 Å². The third-order valence-corrected chi connectivity index (χ3v) is 3.65. The smallest absolute Gasteiger partial charge is 0.0816 e. The van der Waals surface area contributed by atoms with Gasteiger partial charge in [0.05, 0.1) is 21.7 Å². The molecule has 4 heteroatoms. The molecular formula is C13H19Cl2NO. The maximum Gasteiger partial charge on any atom is 0.0816 e. The molecule has 96 valence electrons. The Kier molecular flexibility index (Phi) is 5.26. The zero-order chi connectivity index (χ0) is 13.1. The zero-order valence-electron chi connectivity index (χ0n) is 10.7. The number of rotatable bonds is 5. The lowest BCUT2D eigenvalue weighted by Gasteiger charge is -2.34. The molecule has 0 saturated carbocycles. The molecule has 1 unspecified atom stereocenters. The van der Waals surface area contributed by atoms with Gasteiger partial charge < -0.3 is 10.1 Å². The number of hydrogen-bond donors (Lipinski definition) is 1. The van der Waals surface area contributed by atoms with Gasteiger partial charge in [-0.1, -0.05) is 36.2 Å². The summed E-state index contributed by atoms with van der Waals surface area (Å²) in [6.45, 7) is 7.01. The average Bonchev–Trinajstić information content (AvgIpc) is 2.29. The lowest BCUT2D eigenvalue weighted by molar-refractivity contribution is -0.0106. The van der Waals surface area contributed by atoms with Gasteiger partial charge in [0, 0.05) is 7.11 Å². The molecule has 1 N–H and O–H groups in total. The SMILES string of the molecule is CCNC(c1ccc(Cl)c(Cl)c1)C(C)(C)OC. The highest BCUT2D eigenvalue weighted by Gasteiger charge is 2.30. The average molecular weight is 276 g/mol. The van der Waals surface area contributed by atoms with Gasteiger partial charge in [-0.25, -0.2) is 0 Å². The Labute approximate surface area is 113 Å². The fourth-order valence-electron chi connectivity index (χ4n) is 1.78. The first kappa shape index (κ1) is 14.8.